The Morgan fingerprint density at radius 2 is 2.08 bits per heavy atom. The van der Waals surface area contributed by atoms with Gasteiger partial charge in [-0.1, -0.05) is 23.8 Å². The Kier molecular flexibility index (Phi) is 3.14. The first-order valence-electron chi connectivity index (χ1n) is 7.50. The first kappa shape index (κ1) is 15.4. The van der Waals surface area contributed by atoms with Crippen LogP contribution in [-0.2, 0) is 19.1 Å². The maximum Gasteiger partial charge on any atom is 0.339 e. The van der Waals surface area contributed by atoms with Crippen LogP contribution in [0.3, 0.4) is 0 Å². The van der Waals surface area contributed by atoms with Crippen molar-refractivity contribution in [2.45, 2.75) is 18.6 Å². The average molecular weight is 348 g/mol. The topological polar surface area (TPSA) is 72.9 Å². The number of rotatable bonds is 2. The van der Waals surface area contributed by atoms with Crippen molar-refractivity contribution >= 4 is 35.1 Å². The summed E-state index contributed by atoms with van der Waals surface area (Å²) in [4.78, 5) is 38.6. The molecule has 2 fully saturated rings. The maximum atomic E-state index is 12.9. The molecule has 1 aromatic carbocycles. The Labute approximate surface area is 143 Å². The molecule has 3 aliphatic rings. The lowest BCUT2D eigenvalue weighted by Gasteiger charge is -2.24. The Morgan fingerprint density at radius 1 is 1.33 bits per heavy atom. The van der Waals surface area contributed by atoms with Crippen molar-refractivity contribution in [3.05, 3.63) is 40.9 Å². The number of hydrogen-bond acceptors (Lipinski definition) is 5. The van der Waals surface area contributed by atoms with E-state index in [1.165, 1.54) is 19.2 Å². The predicted octanol–water partition coefficient (Wildman–Crippen LogP) is 1.96. The van der Waals surface area contributed by atoms with Gasteiger partial charge in [-0.3, -0.25) is 9.59 Å². The van der Waals surface area contributed by atoms with Crippen LogP contribution in [0.4, 0.5) is 5.69 Å². The molecule has 0 radical (unpaired) electrons. The number of carbonyl (C=O) groups is 3. The first-order valence-corrected chi connectivity index (χ1v) is 7.88. The van der Waals surface area contributed by atoms with Gasteiger partial charge < -0.3 is 9.47 Å². The number of methoxy groups -OCH3 is 1. The smallest absolute Gasteiger partial charge is 0.339 e. The van der Waals surface area contributed by atoms with Crippen LogP contribution in [0.25, 0.3) is 0 Å². The molecule has 0 aliphatic carbocycles. The highest BCUT2D eigenvalue weighted by Gasteiger charge is 2.66. The molecule has 7 heteroatoms. The second kappa shape index (κ2) is 4.91. The van der Waals surface area contributed by atoms with E-state index in [9.17, 15) is 14.4 Å². The van der Waals surface area contributed by atoms with Crippen molar-refractivity contribution < 1.29 is 23.9 Å². The number of imide groups is 1. The molecule has 0 spiro atoms. The molecule has 0 aromatic heterocycles. The number of anilines is 1. The largest absolute Gasteiger partial charge is 0.465 e. The van der Waals surface area contributed by atoms with Gasteiger partial charge in [0.2, 0.25) is 11.8 Å². The minimum atomic E-state index is -0.756. The van der Waals surface area contributed by atoms with Crippen molar-refractivity contribution in [2.24, 2.45) is 11.8 Å². The van der Waals surface area contributed by atoms with Gasteiger partial charge in [0.1, 0.15) is 0 Å². The standard InChI is InChI=1S/C17H14ClNO5/c1-17-6-5-11(24-17)12-13(17)15(21)19(14(12)20)8-3-4-10(18)9(7-8)16(22)23-2/h3-7,11-13H,1-2H3/t11-,12+,13+,17-/m1/s1. The Hall–Kier alpha value is -2.18. The fourth-order valence-electron chi connectivity index (χ4n) is 3.83. The van der Waals surface area contributed by atoms with Gasteiger partial charge in [0, 0.05) is 0 Å². The zero-order valence-electron chi connectivity index (χ0n) is 13.0. The number of fused-ring (bicyclic) bond motifs is 5. The molecule has 24 heavy (non-hydrogen) atoms. The lowest BCUT2D eigenvalue weighted by atomic mass is 9.78. The fraction of sp³-hybridized carbons (Fsp3) is 0.353. The third-order valence-corrected chi connectivity index (χ3v) is 5.27. The minimum absolute atomic E-state index is 0.109. The number of amides is 2. The van der Waals surface area contributed by atoms with E-state index in [4.69, 9.17) is 16.3 Å². The molecule has 0 N–H and O–H groups in total. The van der Waals surface area contributed by atoms with E-state index in [1.807, 2.05) is 19.1 Å². The number of esters is 1. The van der Waals surface area contributed by atoms with Gasteiger partial charge in [0.05, 0.1) is 46.9 Å². The van der Waals surface area contributed by atoms with E-state index in [1.54, 1.807) is 6.07 Å². The molecule has 0 unspecified atom stereocenters. The zero-order chi connectivity index (χ0) is 17.2. The number of benzene rings is 1. The number of carbonyl (C=O) groups excluding carboxylic acids is 3. The summed E-state index contributed by atoms with van der Waals surface area (Å²) in [6.07, 6.45) is 3.29. The van der Waals surface area contributed by atoms with Crippen LogP contribution in [0, 0.1) is 11.8 Å². The monoisotopic (exact) mass is 347 g/mol. The minimum Gasteiger partial charge on any atom is -0.465 e. The van der Waals surface area contributed by atoms with E-state index >= 15 is 0 Å². The lowest BCUT2D eigenvalue weighted by Crippen LogP contribution is -2.38. The van der Waals surface area contributed by atoms with Crippen molar-refractivity contribution in [3.63, 3.8) is 0 Å². The van der Waals surface area contributed by atoms with Gasteiger partial charge in [-0.2, -0.15) is 0 Å². The number of halogens is 1. The first-order chi connectivity index (χ1) is 11.4. The molecule has 4 rings (SSSR count). The third kappa shape index (κ3) is 1.84. The molecule has 4 atom stereocenters. The van der Waals surface area contributed by atoms with Gasteiger partial charge >= 0.3 is 5.97 Å². The second-order valence-corrected chi connectivity index (χ2v) is 6.70. The summed E-state index contributed by atoms with van der Waals surface area (Å²) in [5.74, 6) is -2.33. The Morgan fingerprint density at radius 3 is 2.75 bits per heavy atom. The molecule has 6 nitrogen and oxygen atoms in total. The second-order valence-electron chi connectivity index (χ2n) is 6.30. The molecule has 2 saturated heterocycles. The highest BCUT2D eigenvalue weighted by atomic mass is 35.5. The van der Waals surface area contributed by atoms with Crippen LogP contribution in [0.2, 0.25) is 5.02 Å². The van der Waals surface area contributed by atoms with Crippen molar-refractivity contribution in [1.29, 1.82) is 0 Å². The number of ether oxygens (including phenoxy) is 2. The van der Waals surface area contributed by atoms with Crippen LogP contribution in [0.1, 0.15) is 17.3 Å². The molecule has 124 valence electrons. The summed E-state index contributed by atoms with van der Waals surface area (Å²) in [6, 6.07) is 4.43. The fourth-order valence-corrected chi connectivity index (χ4v) is 4.02. The summed E-state index contributed by atoms with van der Waals surface area (Å²) in [6.45, 7) is 1.81. The molecule has 3 aliphatic heterocycles. The maximum absolute atomic E-state index is 12.9. The SMILES string of the molecule is COC(=O)c1cc(N2C(=O)[C@@H]3[C@@H](C2=O)[C@@]2(C)C=C[C@H]3O2)ccc1Cl. The van der Waals surface area contributed by atoms with Crippen molar-refractivity contribution in [1.82, 2.24) is 0 Å². The quantitative estimate of drug-likeness (QED) is 0.464. The highest BCUT2D eigenvalue weighted by Crippen LogP contribution is 2.52. The van der Waals surface area contributed by atoms with Crippen LogP contribution >= 0.6 is 11.6 Å². The molecule has 3 heterocycles. The highest BCUT2D eigenvalue weighted by molar-refractivity contribution is 6.34. The molecule has 0 saturated carbocycles. The molecular formula is C17H14ClNO5. The normalized spacial score (nSPS) is 33.3. The molecule has 1 aromatic rings. The summed E-state index contributed by atoms with van der Waals surface area (Å²) >= 11 is 6.00. The molecule has 2 bridgehead atoms. The Balaban J connectivity index is 1.76. The zero-order valence-corrected chi connectivity index (χ0v) is 13.7. The predicted molar refractivity (Wildman–Crippen MR) is 84.7 cm³/mol. The third-order valence-electron chi connectivity index (χ3n) is 4.94. The van der Waals surface area contributed by atoms with Crippen LogP contribution in [-0.4, -0.2) is 36.6 Å². The van der Waals surface area contributed by atoms with Crippen LogP contribution in [0.15, 0.2) is 30.4 Å². The van der Waals surface area contributed by atoms with E-state index in [0.29, 0.717) is 5.69 Å². The van der Waals surface area contributed by atoms with Gasteiger partial charge in [0.25, 0.3) is 0 Å². The summed E-state index contributed by atoms with van der Waals surface area (Å²) < 4.78 is 10.5. The van der Waals surface area contributed by atoms with E-state index < -0.39 is 23.4 Å². The summed E-state index contributed by atoms with van der Waals surface area (Å²) in [5, 5.41) is 0.196. The summed E-state index contributed by atoms with van der Waals surface area (Å²) in [7, 11) is 1.24. The number of nitrogens with zero attached hydrogens (tertiary/aromatic N) is 1. The Bertz CT molecular complexity index is 819. The molecule has 2 amide bonds. The van der Waals surface area contributed by atoms with Crippen LogP contribution in [0.5, 0.6) is 0 Å². The van der Waals surface area contributed by atoms with Crippen molar-refractivity contribution in [2.75, 3.05) is 12.0 Å². The average Bonchev–Trinajstić information content (AvgIpc) is 3.16. The van der Waals surface area contributed by atoms with E-state index in [-0.39, 0.29) is 28.5 Å². The van der Waals surface area contributed by atoms with Crippen molar-refractivity contribution in [3.8, 4) is 0 Å². The molecular weight excluding hydrogens is 334 g/mol. The van der Waals surface area contributed by atoms with E-state index in [2.05, 4.69) is 4.74 Å². The van der Waals surface area contributed by atoms with E-state index in [0.717, 1.165) is 4.90 Å². The number of hydrogen-bond donors (Lipinski definition) is 0. The van der Waals surface area contributed by atoms with Crippen LogP contribution < -0.4 is 4.90 Å². The van der Waals surface area contributed by atoms with Gasteiger partial charge in [-0.05, 0) is 25.1 Å². The lowest BCUT2D eigenvalue weighted by molar-refractivity contribution is -0.126. The summed E-state index contributed by atoms with van der Waals surface area (Å²) in [5.41, 5.74) is -0.334. The van der Waals surface area contributed by atoms with Gasteiger partial charge in [-0.15, -0.1) is 0 Å². The van der Waals surface area contributed by atoms with Gasteiger partial charge in [0.15, 0.2) is 0 Å². The van der Waals surface area contributed by atoms with Gasteiger partial charge in [-0.25, -0.2) is 9.69 Å².